The summed E-state index contributed by atoms with van der Waals surface area (Å²) in [5.41, 5.74) is 2.16. The molecule has 2 aromatic rings. The van der Waals surface area contributed by atoms with Gasteiger partial charge in [0.15, 0.2) is 17.4 Å². The first-order valence-corrected chi connectivity index (χ1v) is 8.25. The van der Waals surface area contributed by atoms with E-state index in [0.717, 1.165) is 24.0 Å². The highest BCUT2D eigenvalue weighted by Gasteiger charge is 2.09. The van der Waals surface area contributed by atoms with Crippen LogP contribution in [0, 0.1) is 17.4 Å². The third kappa shape index (κ3) is 5.13. The molecule has 0 fully saturated rings. The molecule has 1 N–H and O–H groups in total. The molecule has 118 valence electrons. The summed E-state index contributed by atoms with van der Waals surface area (Å²) >= 11 is 16.8. The van der Waals surface area contributed by atoms with Crippen LogP contribution in [0.1, 0.15) is 24.5 Å². The molecular weight excluding hydrogens is 344 g/mol. The average molecular weight is 362 g/mol. The fraction of sp³-hybridized carbons (Fsp3) is 0.294. The number of hydrogen-bond acceptors (Lipinski definition) is 1. The summed E-state index contributed by atoms with van der Waals surface area (Å²) in [6.07, 6.45) is 1.89. The Morgan fingerprint density at radius 3 is 2.50 bits per heavy atom. The second kappa shape index (κ2) is 8.16. The quantitative estimate of drug-likeness (QED) is 0.768. The largest absolute Gasteiger partial charge is 0.310 e. The fourth-order valence-corrected chi connectivity index (χ4v) is 2.67. The van der Waals surface area contributed by atoms with Gasteiger partial charge in [0.1, 0.15) is 0 Å². The van der Waals surface area contributed by atoms with Crippen molar-refractivity contribution >= 4 is 23.2 Å². The highest BCUT2D eigenvalue weighted by molar-refractivity contribution is 6.42. The molecule has 0 saturated heterocycles. The van der Waals surface area contributed by atoms with Crippen molar-refractivity contribution in [3.05, 3.63) is 68.4 Å². The minimum Gasteiger partial charge on any atom is -0.310 e. The molecule has 22 heavy (non-hydrogen) atoms. The maximum Gasteiger partial charge on any atom is 0.261 e. The summed E-state index contributed by atoms with van der Waals surface area (Å²) in [4.78, 5) is 0. The van der Waals surface area contributed by atoms with Crippen molar-refractivity contribution < 1.29 is 16.0 Å². The monoisotopic (exact) mass is 360 g/mol. The summed E-state index contributed by atoms with van der Waals surface area (Å²) in [6.45, 7) is 2.79. The van der Waals surface area contributed by atoms with E-state index in [-0.39, 0.29) is 10.8 Å². The third-order valence-corrected chi connectivity index (χ3v) is 4.55. The Morgan fingerprint density at radius 2 is 1.82 bits per heavy atom. The van der Waals surface area contributed by atoms with Gasteiger partial charge in [-0.05, 0) is 49.1 Å². The van der Waals surface area contributed by atoms with Crippen molar-refractivity contribution in [1.82, 2.24) is 5.32 Å². The maximum absolute atomic E-state index is 13.1. The number of halogens is 4. The standard InChI is InChI=1S/C17H18Cl3FN/c1-11(2-3-12-4-6-14(18)15(19)8-12)22-10-13-5-7-17(21)16(20)9-13/h4-9,11,20,22H,2-3,10H2,1H3/q+1. The van der Waals surface area contributed by atoms with Gasteiger partial charge in [0, 0.05) is 18.7 Å². The topological polar surface area (TPSA) is 12.0 Å². The molecule has 0 saturated carbocycles. The minimum atomic E-state index is -0.341. The summed E-state index contributed by atoms with van der Waals surface area (Å²) in [5.74, 6) is -0.341. The van der Waals surface area contributed by atoms with Crippen molar-refractivity contribution in [2.75, 3.05) is 0 Å². The molecule has 0 aromatic heterocycles. The van der Waals surface area contributed by atoms with E-state index in [4.69, 9.17) is 34.8 Å². The third-order valence-electron chi connectivity index (χ3n) is 3.50. The molecule has 0 bridgehead atoms. The van der Waals surface area contributed by atoms with Crippen LogP contribution < -0.4 is 5.32 Å². The van der Waals surface area contributed by atoms with Crippen LogP contribution in [0.5, 0.6) is 0 Å². The number of hydrogen-bond donors (Lipinski definition) is 1. The van der Waals surface area contributed by atoms with Gasteiger partial charge in [0.2, 0.25) is 0 Å². The summed E-state index contributed by atoms with van der Waals surface area (Å²) in [5, 5.41) is 4.84. The van der Waals surface area contributed by atoms with E-state index in [9.17, 15) is 4.39 Å². The summed E-state index contributed by atoms with van der Waals surface area (Å²) < 4.78 is 13.1. The van der Waals surface area contributed by atoms with E-state index in [1.165, 1.54) is 6.07 Å². The average Bonchev–Trinajstić information content (AvgIpc) is 2.49. The SMILES string of the molecule is CC(CCc1ccc(Cl)c(Cl)c1)NCc1ccc(F)c([ClH+])c1. The first-order valence-electron chi connectivity index (χ1n) is 7.08. The van der Waals surface area contributed by atoms with Crippen LogP contribution in [0.25, 0.3) is 0 Å². The lowest BCUT2D eigenvalue weighted by atomic mass is 10.1. The van der Waals surface area contributed by atoms with Gasteiger partial charge in [-0.3, -0.25) is 0 Å². The van der Waals surface area contributed by atoms with Crippen LogP contribution in [-0.2, 0) is 13.0 Å². The zero-order chi connectivity index (χ0) is 16.1. The normalized spacial score (nSPS) is 12.4. The molecule has 0 heterocycles. The second-order valence-corrected chi connectivity index (χ2v) is 6.59. The Labute approximate surface area is 145 Å². The zero-order valence-corrected chi connectivity index (χ0v) is 14.5. The molecule has 1 unspecified atom stereocenters. The first kappa shape index (κ1) is 17.6. The van der Waals surface area contributed by atoms with Crippen LogP contribution in [0.4, 0.5) is 4.39 Å². The van der Waals surface area contributed by atoms with Gasteiger partial charge < -0.3 is 5.32 Å². The molecule has 0 spiro atoms. The minimum absolute atomic E-state index is 0.266. The van der Waals surface area contributed by atoms with E-state index < -0.39 is 0 Å². The first-order chi connectivity index (χ1) is 10.5. The molecule has 1 nitrogen and oxygen atoms in total. The van der Waals surface area contributed by atoms with E-state index in [2.05, 4.69) is 12.2 Å². The second-order valence-electron chi connectivity index (χ2n) is 5.33. The smallest absolute Gasteiger partial charge is 0.261 e. The highest BCUT2D eigenvalue weighted by atomic mass is 35.5. The van der Waals surface area contributed by atoms with Crippen LogP contribution in [0.2, 0.25) is 15.1 Å². The maximum atomic E-state index is 13.1. The van der Waals surface area contributed by atoms with Gasteiger partial charge in [-0.2, -0.15) is 0 Å². The van der Waals surface area contributed by atoms with Crippen LogP contribution in [0.15, 0.2) is 36.4 Å². The number of benzene rings is 2. The Bertz CT molecular complexity index is 590. The van der Waals surface area contributed by atoms with Crippen molar-refractivity contribution in [2.45, 2.75) is 32.4 Å². The predicted molar refractivity (Wildman–Crippen MR) is 88.0 cm³/mol. The van der Waals surface area contributed by atoms with Gasteiger partial charge in [-0.15, -0.1) is 0 Å². The van der Waals surface area contributed by atoms with Crippen molar-refractivity contribution in [1.29, 1.82) is 0 Å². The lowest BCUT2D eigenvalue weighted by Crippen LogP contribution is -2.26. The van der Waals surface area contributed by atoms with Gasteiger partial charge in [-0.1, -0.05) is 35.3 Å². The zero-order valence-electron chi connectivity index (χ0n) is 12.2. The van der Waals surface area contributed by atoms with Crippen LogP contribution >= 0.6 is 23.2 Å². The molecule has 2 aromatic carbocycles. The Morgan fingerprint density at radius 1 is 1.09 bits per heavy atom. The van der Waals surface area contributed by atoms with Crippen molar-refractivity contribution in [3.63, 3.8) is 0 Å². The number of aryl methyl sites for hydroxylation is 1. The molecule has 2 rings (SSSR count). The van der Waals surface area contributed by atoms with Crippen molar-refractivity contribution in [3.8, 4) is 0 Å². The predicted octanol–water partition coefficient (Wildman–Crippen LogP) is 4.94. The van der Waals surface area contributed by atoms with E-state index in [1.807, 2.05) is 18.2 Å². The van der Waals surface area contributed by atoms with Gasteiger partial charge in [-0.25, -0.2) is 4.39 Å². The Hall–Kier alpha value is -0.800. The van der Waals surface area contributed by atoms with E-state index in [0.29, 0.717) is 22.6 Å². The van der Waals surface area contributed by atoms with Crippen LogP contribution in [-0.4, -0.2) is 6.04 Å². The molecular formula is C17H18Cl3FN+. The van der Waals surface area contributed by atoms with Gasteiger partial charge in [0.25, 0.3) is 5.02 Å². The highest BCUT2D eigenvalue weighted by Crippen LogP contribution is 2.23. The Balaban J connectivity index is 1.81. The summed E-state index contributed by atoms with van der Waals surface area (Å²) in [7, 11) is 0. The molecule has 1 atom stereocenters. The Kier molecular flexibility index (Phi) is 6.51. The number of rotatable bonds is 6. The summed E-state index contributed by atoms with van der Waals surface area (Å²) in [6, 6.07) is 10.9. The molecule has 0 aliphatic carbocycles. The van der Waals surface area contributed by atoms with E-state index in [1.54, 1.807) is 12.1 Å². The lowest BCUT2D eigenvalue weighted by Gasteiger charge is -2.14. The van der Waals surface area contributed by atoms with Gasteiger partial charge >= 0.3 is 0 Å². The van der Waals surface area contributed by atoms with Crippen molar-refractivity contribution in [2.24, 2.45) is 0 Å². The molecule has 0 amide bonds. The number of nitrogens with one attached hydrogen (secondary N) is 1. The molecule has 0 aliphatic heterocycles. The van der Waals surface area contributed by atoms with E-state index >= 15 is 0 Å². The molecule has 0 aliphatic rings. The van der Waals surface area contributed by atoms with Crippen LogP contribution in [0.3, 0.4) is 0 Å². The fourth-order valence-electron chi connectivity index (χ4n) is 2.13. The molecule has 0 radical (unpaired) electrons. The molecule has 5 heteroatoms. The van der Waals surface area contributed by atoms with Gasteiger partial charge in [0.05, 0.1) is 10.0 Å². The lowest BCUT2D eigenvalue weighted by molar-refractivity contribution is -0.293.